The highest BCUT2D eigenvalue weighted by Gasteiger charge is 1.99. The van der Waals surface area contributed by atoms with Gasteiger partial charge in [-0.05, 0) is 30.3 Å². The van der Waals surface area contributed by atoms with Crippen molar-refractivity contribution in [1.82, 2.24) is 0 Å². The number of hydrogen-bond donors (Lipinski definition) is 2. The Morgan fingerprint density at radius 3 is 2.56 bits per heavy atom. The van der Waals surface area contributed by atoms with Crippen molar-refractivity contribution < 1.29 is 13.9 Å². The molecule has 0 atom stereocenters. The van der Waals surface area contributed by atoms with Gasteiger partial charge in [-0.3, -0.25) is 4.79 Å². The van der Waals surface area contributed by atoms with Crippen LogP contribution in [0.25, 0.3) is 0 Å². The predicted molar refractivity (Wildman–Crippen MR) is 71.7 cm³/mol. The summed E-state index contributed by atoms with van der Waals surface area (Å²) < 4.78 is 18.1. The van der Waals surface area contributed by atoms with Gasteiger partial charge in [0.1, 0.15) is 18.2 Å². The molecule has 0 spiro atoms. The van der Waals surface area contributed by atoms with E-state index in [9.17, 15) is 9.18 Å². The maximum atomic E-state index is 12.9. The van der Waals surface area contributed by atoms with E-state index in [0.717, 1.165) is 0 Å². The Morgan fingerprint density at radius 1 is 1.44 bits per heavy atom. The molecule has 0 radical (unpaired) electrons. The smallest absolute Gasteiger partial charge is 0.221 e. The minimum atomic E-state index is -0.404. The van der Waals surface area contributed by atoms with Crippen molar-refractivity contribution >= 4 is 24.0 Å². The van der Waals surface area contributed by atoms with E-state index in [1.54, 1.807) is 24.3 Å². The number of rotatable bonds is 5. The fraction of sp³-hybridized carbons (Fsp3) is 0.250. The lowest BCUT2D eigenvalue weighted by molar-refractivity contribution is -0.114. The second kappa shape index (κ2) is 8.49. The standard InChI is InChI=1S/C12H15FN2O2.ClH/c1-9(16)15-11-2-4-12(5-3-11)17-8-10(13)6-7-14;/h2-6H,7-8,14H2,1H3,(H,15,16);1H/b10-6+;. The summed E-state index contributed by atoms with van der Waals surface area (Å²) in [4.78, 5) is 10.8. The lowest BCUT2D eigenvalue weighted by atomic mass is 10.3. The fourth-order valence-electron chi connectivity index (χ4n) is 1.18. The molecule has 0 fully saturated rings. The number of ether oxygens (including phenoxy) is 1. The normalized spacial score (nSPS) is 10.5. The third-order valence-electron chi connectivity index (χ3n) is 1.89. The van der Waals surface area contributed by atoms with Crippen LogP contribution in [0.3, 0.4) is 0 Å². The van der Waals surface area contributed by atoms with E-state index in [2.05, 4.69) is 5.32 Å². The van der Waals surface area contributed by atoms with E-state index in [0.29, 0.717) is 11.4 Å². The van der Waals surface area contributed by atoms with Gasteiger partial charge in [-0.15, -0.1) is 12.4 Å². The molecule has 0 aliphatic heterocycles. The molecule has 0 saturated carbocycles. The highest BCUT2D eigenvalue weighted by Crippen LogP contribution is 2.16. The molecule has 1 aromatic rings. The summed E-state index contributed by atoms with van der Waals surface area (Å²) in [5.41, 5.74) is 5.82. The van der Waals surface area contributed by atoms with Crippen molar-refractivity contribution in [3.05, 3.63) is 36.2 Å². The Labute approximate surface area is 111 Å². The lowest BCUT2D eigenvalue weighted by Gasteiger charge is -2.06. The van der Waals surface area contributed by atoms with E-state index < -0.39 is 5.83 Å². The fourth-order valence-corrected chi connectivity index (χ4v) is 1.18. The third-order valence-corrected chi connectivity index (χ3v) is 1.89. The maximum Gasteiger partial charge on any atom is 0.221 e. The molecule has 0 saturated heterocycles. The van der Waals surface area contributed by atoms with Gasteiger partial charge in [0, 0.05) is 19.2 Å². The molecular weight excluding hydrogens is 259 g/mol. The summed E-state index contributed by atoms with van der Waals surface area (Å²) in [6, 6.07) is 6.67. The van der Waals surface area contributed by atoms with Crippen LogP contribution in [-0.2, 0) is 4.79 Å². The van der Waals surface area contributed by atoms with Gasteiger partial charge in [-0.2, -0.15) is 0 Å². The number of amides is 1. The summed E-state index contributed by atoms with van der Waals surface area (Å²) >= 11 is 0. The summed E-state index contributed by atoms with van der Waals surface area (Å²) in [5.74, 6) is -0.0197. The average Bonchev–Trinajstić information content (AvgIpc) is 2.28. The maximum absolute atomic E-state index is 12.9. The highest BCUT2D eigenvalue weighted by molar-refractivity contribution is 5.88. The second-order valence-electron chi connectivity index (χ2n) is 3.38. The van der Waals surface area contributed by atoms with Crippen LogP contribution in [0.4, 0.5) is 10.1 Å². The monoisotopic (exact) mass is 274 g/mol. The molecule has 0 heterocycles. The van der Waals surface area contributed by atoms with Crippen molar-refractivity contribution in [2.75, 3.05) is 18.5 Å². The lowest BCUT2D eigenvalue weighted by Crippen LogP contribution is -2.05. The molecule has 100 valence electrons. The molecule has 1 aromatic carbocycles. The average molecular weight is 275 g/mol. The zero-order chi connectivity index (χ0) is 12.7. The molecule has 0 aliphatic carbocycles. The van der Waals surface area contributed by atoms with E-state index in [-0.39, 0.29) is 31.5 Å². The minimum absolute atomic E-state index is 0. The van der Waals surface area contributed by atoms with Crippen molar-refractivity contribution in [1.29, 1.82) is 0 Å². The number of nitrogens with two attached hydrogens (primary N) is 1. The molecule has 4 nitrogen and oxygen atoms in total. The Kier molecular flexibility index (Phi) is 7.74. The highest BCUT2D eigenvalue weighted by atomic mass is 35.5. The number of halogens is 2. The summed E-state index contributed by atoms with van der Waals surface area (Å²) in [7, 11) is 0. The van der Waals surface area contributed by atoms with Gasteiger partial charge in [0.2, 0.25) is 5.91 Å². The van der Waals surface area contributed by atoms with Crippen LogP contribution in [-0.4, -0.2) is 19.1 Å². The number of carbonyl (C=O) groups excluding carboxylic acids is 1. The van der Waals surface area contributed by atoms with Gasteiger partial charge >= 0.3 is 0 Å². The molecule has 1 rings (SSSR count). The zero-order valence-electron chi connectivity index (χ0n) is 9.98. The number of anilines is 1. The molecule has 6 heteroatoms. The van der Waals surface area contributed by atoms with Crippen LogP contribution in [0.1, 0.15) is 6.92 Å². The first-order chi connectivity index (χ1) is 8.11. The SMILES string of the molecule is CC(=O)Nc1ccc(OC/C(F)=C\CN)cc1.Cl. The van der Waals surface area contributed by atoms with Crippen LogP contribution in [0.15, 0.2) is 36.2 Å². The summed E-state index contributed by atoms with van der Waals surface area (Å²) in [6.07, 6.45) is 1.26. The van der Waals surface area contributed by atoms with Crippen molar-refractivity contribution in [2.45, 2.75) is 6.92 Å². The van der Waals surface area contributed by atoms with E-state index in [1.807, 2.05) is 0 Å². The first-order valence-corrected chi connectivity index (χ1v) is 5.17. The predicted octanol–water partition coefficient (Wildman–Crippen LogP) is 2.26. The van der Waals surface area contributed by atoms with Gasteiger partial charge in [0.25, 0.3) is 0 Å². The summed E-state index contributed by atoms with van der Waals surface area (Å²) in [5, 5.41) is 2.62. The number of hydrogen-bond acceptors (Lipinski definition) is 3. The van der Waals surface area contributed by atoms with Crippen LogP contribution in [0.5, 0.6) is 5.75 Å². The zero-order valence-corrected chi connectivity index (χ0v) is 10.8. The quantitative estimate of drug-likeness (QED) is 0.866. The molecule has 1 amide bonds. The largest absolute Gasteiger partial charge is 0.487 e. The molecule has 0 aromatic heterocycles. The Morgan fingerprint density at radius 2 is 2.06 bits per heavy atom. The van der Waals surface area contributed by atoms with E-state index in [4.69, 9.17) is 10.5 Å². The van der Waals surface area contributed by atoms with E-state index in [1.165, 1.54) is 13.0 Å². The van der Waals surface area contributed by atoms with Crippen molar-refractivity contribution in [3.8, 4) is 5.75 Å². The molecule has 0 aliphatic rings. The molecule has 3 N–H and O–H groups in total. The van der Waals surface area contributed by atoms with Gasteiger partial charge in [-0.1, -0.05) is 0 Å². The molecule has 0 unspecified atom stereocenters. The van der Waals surface area contributed by atoms with Gasteiger partial charge < -0.3 is 15.8 Å². The Hall–Kier alpha value is -1.59. The number of nitrogens with one attached hydrogen (secondary N) is 1. The van der Waals surface area contributed by atoms with E-state index >= 15 is 0 Å². The van der Waals surface area contributed by atoms with Gasteiger partial charge in [0.05, 0.1) is 0 Å². The minimum Gasteiger partial charge on any atom is -0.487 e. The van der Waals surface area contributed by atoms with Crippen molar-refractivity contribution in [2.24, 2.45) is 5.73 Å². The van der Waals surface area contributed by atoms with Crippen LogP contribution in [0, 0.1) is 0 Å². The second-order valence-corrected chi connectivity index (χ2v) is 3.38. The molecular formula is C12H16ClFN2O2. The first-order valence-electron chi connectivity index (χ1n) is 5.17. The molecule has 18 heavy (non-hydrogen) atoms. The Balaban J connectivity index is 0.00000289. The number of benzene rings is 1. The molecule has 0 bridgehead atoms. The van der Waals surface area contributed by atoms with Crippen LogP contribution < -0.4 is 15.8 Å². The third kappa shape index (κ3) is 6.22. The Bertz CT molecular complexity index is 407. The topological polar surface area (TPSA) is 64.3 Å². The van der Waals surface area contributed by atoms with Crippen molar-refractivity contribution in [3.63, 3.8) is 0 Å². The van der Waals surface area contributed by atoms with Crippen LogP contribution in [0.2, 0.25) is 0 Å². The first kappa shape index (κ1) is 16.4. The summed E-state index contributed by atoms with van der Waals surface area (Å²) in [6.45, 7) is 1.44. The number of carbonyl (C=O) groups is 1. The van der Waals surface area contributed by atoms with Gasteiger partial charge in [0.15, 0.2) is 0 Å². The van der Waals surface area contributed by atoms with Crippen LogP contribution >= 0.6 is 12.4 Å². The van der Waals surface area contributed by atoms with Gasteiger partial charge in [-0.25, -0.2) is 4.39 Å².